The molecule has 2 fully saturated rings. The molecule has 3 aromatic heterocycles. The Bertz CT molecular complexity index is 1250. The maximum atomic E-state index is 10.7. The second-order valence-corrected chi connectivity index (χ2v) is 11.2. The second kappa shape index (κ2) is 10.2. The summed E-state index contributed by atoms with van der Waals surface area (Å²) >= 11 is 1.59. The van der Waals surface area contributed by atoms with Crippen LogP contribution in [0.1, 0.15) is 57.1 Å². The van der Waals surface area contributed by atoms with Crippen LogP contribution in [0.15, 0.2) is 6.07 Å². The summed E-state index contributed by atoms with van der Waals surface area (Å²) in [7, 11) is 0. The van der Waals surface area contributed by atoms with E-state index in [9.17, 15) is 15.3 Å². The monoisotopic (exact) mass is 512 g/mol. The topological polar surface area (TPSA) is 136 Å². The Labute approximate surface area is 215 Å². The predicted octanol–water partition coefficient (Wildman–Crippen LogP) is 3.31. The average molecular weight is 513 g/mol. The molecular weight excluding hydrogens is 476 g/mol. The molecule has 2 aliphatic carbocycles. The summed E-state index contributed by atoms with van der Waals surface area (Å²) in [5.41, 5.74) is 4.51. The van der Waals surface area contributed by atoms with Crippen LogP contribution in [0.25, 0.3) is 20.8 Å². The number of anilines is 2. The first kappa shape index (κ1) is 25.3. The Morgan fingerprint density at radius 2 is 1.86 bits per heavy atom. The van der Waals surface area contributed by atoms with Gasteiger partial charge in [-0.05, 0) is 57.9 Å². The molecule has 3 heterocycles. The molecule has 0 aromatic carbocycles. The molecule has 0 bridgehead atoms. The molecule has 36 heavy (non-hydrogen) atoms. The van der Waals surface area contributed by atoms with Crippen LogP contribution >= 0.6 is 11.3 Å². The van der Waals surface area contributed by atoms with Crippen molar-refractivity contribution in [2.75, 3.05) is 17.2 Å². The normalized spacial score (nSPS) is 24.9. The van der Waals surface area contributed by atoms with Crippen LogP contribution < -0.4 is 10.6 Å². The van der Waals surface area contributed by atoms with Crippen molar-refractivity contribution in [1.82, 2.24) is 19.9 Å². The van der Waals surface area contributed by atoms with Crippen LogP contribution in [0.4, 0.5) is 11.8 Å². The van der Waals surface area contributed by atoms with Crippen LogP contribution in [0.2, 0.25) is 0 Å². The number of aromatic nitrogens is 4. The lowest BCUT2D eigenvalue weighted by molar-refractivity contribution is 0.00446. The number of thiazole rings is 1. The summed E-state index contributed by atoms with van der Waals surface area (Å²) in [6.07, 6.45) is 2.52. The van der Waals surface area contributed by atoms with Gasteiger partial charge in [-0.1, -0.05) is 13.8 Å². The number of fused-ring (bicyclic) bond motifs is 1. The summed E-state index contributed by atoms with van der Waals surface area (Å²) < 4.78 is 1.08. The summed E-state index contributed by atoms with van der Waals surface area (Å²) in [6, 6.07) is 1.93. The third-order valence-electron chi connectivity index (χ3n) is 7.55. The Hall–Kier alpha value is -2.40. The number of hydrogen-bond acceptors (Lipinski definition) is 10. The van der Waals surface area contributed by atoms with Gasteiger partial charge in [-0.2, -0.15) is 4.98 Å². The highest BCUT2D eigenvalue weighted by Crippen LogP contribution is 2.39. The molecule has 5 N–H and O–H groups in total. The van der Waals surface area contributed by atoms with E-state index in [0.717, 1.165) is 50.7 Å². The molecule has 5 rings (SSSR count). The average Bonchev–Trinajstić information content (AvgIpc) is 3.58. The fourth-order valence-corrected chi connectivity index (χ4v) is 6.27. The van der Waals surface area contributed by atoms with E-state index in [1.807, 2.05) is 6.92 Å². The van der Waals surface area contributed by atoms with E-state index in [4.69, 9.17) is 19.9 Å². The number of aryl methyl sites for hydroxylation is 3. The molecule has 2 aliphatic rings. The smallest absolute Gasteiger partial charge is 0.225 e. The second-order valence-electron chi connectivity index (χ2n) is 10.2. The molecule has 0 unspecified atom stereocenters. The first-order valence-corrected chi connectivity index (χ1v) is 13.8. The van der Waals surface area contributed by atoms with Gasteiger partial charge >= 0.3 is 0 Å². The minimum Gasteiger partial charge on any atom is -0.396 e. The first-order chi connectivity index (χ1) is 17.3. The van der Waals surface area contributed by atoms with Crippen molar-refractivity contribution in [3.05, 3.63) is 23.1 Å². The van der Waals surface area contributed by atoms with Crippen molar-refractivity contribution >= 4 is 33.3 Å². The van der Waals surface area contributed by atoms with E-state index >= 15 is 0 Å². The molecule has 0 spiro atoms. The molecule has 5 atom stereocenters. The van der Waals surface area contributed by atoms with Gasteiger partial charge in [-0.3, -0.25) is 4.98 Å². The highest BCUT2D eigenvalue weighted by Gasteiger charge is 2.41. The molecular formula is C26H36N6O3S. The number of nitrogens with zero attached hydrogens (tertiary/aromatic N) is 4. The molecule has 2 saturated carbocycles. The zero-order valence-electron chi connectivity index (χ0n) is 21.3. The minimum atomic E-state index is -1.01. The van der Waals surface area contributed by atoms with Gasteiger partial charge in [0.15, 0.2) is 0 Å². The highest BCUT2D eigenvalue weighted by atomic mass is 32.1. The summed E-state index contributed by atoms with van der Waals surface area (Å²) in [4.78, 5) is 19.4. The van der Waals surface area contributed by atoms with E-state index in [1.165, 1.54) is 12.8 Å². The van der Waals surface area contributed by atoms with Gasteiger partial charge in [-0.25, -0.2) is 9.97 Å². The Morgan fingerprint density at radius 1 is 1.08 bits per heavy atom. The highest BCUT2D eigenvalue weighted by molar-refractivity contribution is 7.21. The lowest BCUT2D eigenvalue weighted by Gasteiger charge is -2.22. The Kier molecular flexibility index (Phi) is 7.13. The van der Waals surface area contributed by atoms with E-state index in [2.05, 4.69) is 37.5 Å². The largest absolute Gasteiger partial charge is 0.396 e. The molecule has 0 amide bonds. The summed E-state index contributed by atoms with van der Waals surface area (Å²) in [5.74, 6) is 1.36. The van der Waals surface area contributed by atoms with Crippen molar-refractivity contribution < 1.29 is 15.3 Å². The predicted molar refractivity (Wildman–Crippen MR) is 142 cm³/mol. The zero-order chi connectivity index (χ0) is 25.6. The minimum absolute atomic E-state index is 0.178. The van der Waals surface area contributed by atoms with Crippen LogP contribution in [0, 0.1) is 18.8 Å². The maximum Gasteiger partial charge on any atom is 0.225 e. The molecule has 0 radical (unpaired) electrons. The number of aliphatic hydroxyl groups excluding tert-OH is 3. The zero-order valence-corrected chi connectivity index (χ0v) is 22.1. The van der Waals surface area contributed by atoms with Gasteiger partial charge in [0.25, 0.3) is 0 Å². The third-order valence-corrected chi connectivity index (χ3v) is 8.57. The van der Waals surface area contributed by atoms with Crippen molar-refractivity contribution in [2.45, 2.75) is 84.1 Å². The van der Waals surface area contributed by atoms with Crippen molar-refractivity contribution in [3.63, 3.8) is 0 Å². The third kappa shape index (κ3) is 4.79. The van der Waals surface area contributed by atoms with Gasteiger partial charge < -0.3 is 26.0 Å². The van der Waals surface area contributed by atoms with Gasteiger partial charge in [0.05, 0.1) is 33.8 Å². The summed E-state index contributed by atoms with van der Waals surface area (Å²) in [6.45, 7) is 8.12. The van der Waals surface area contributed by atoms with E-state index in [-0.39, 0.29) is 18.6 Å². The van der Waals surface area contributed by atoms with Gasteiger partial charge in [0, 0.05) is 24.3 Å². The SMILES string of the molecule is CCc1cc2sc(-c3c(C)nc(N[C@H](C)C4CC4)nc3N[C@@H]3C[C@H](CO)[C@@H](O)[C@H]3O)nc2c(CC)n1. The van der Waals surface area contributed by atoms with Crippen molar-refractivity contribution in [2.24, 2.45) is 11.8 Å². The Morgan fingerprint density at radius 3 is 2.50 bits per heavy atom. The number of rotatable bonds is 9. The lowest BCUT2D eigenvalue weighted by atomic mass is 10.1. The fraction of sp³-hybridized carbons (Fsp3) is 0.615. The van der Waals surface area contributed by atoms with E-state index in [0.29, 0.717) is 24.1 Å². The number of aliphatic hydroxyl groups is 3. The van der Waals surface area contributed by atoms with Crippen LogP contribution in [-0.2, 0) is 12.8 Å². The molecule has 3 aromatic rings. The molecule has 10 heteroatoms. The van der Waals surface area contributed by atoms with E-state index in [1.54, 1.807) is 11.3 Å². The fourth-order valence-electron chi connectivity index (χ4n) is 5.12. The summed E-state index contributed by atoms with van der Waals surface area (Å²) in [5, 5.41) is 38.3. The molecule has 9 nitrogen and oxygen atoms in total. The van der Waals surface area contributed by atoms with Crippen molar-refractivity contribution in [3.8, 4) is 10.6 Å². The molecule has 194 valence electrons. The molecule has 0 aliphatic heterocycles. The Balaban J connectivity index is 1.58. The maximum absolute atomic E-state index is 10.7. The standard InChI is InChI=1S/C26H36N6O3S/c1-5-16-10-19-21(17(6-2)29-16)31-25(36-19)20-13(4)28-26(27-12(3)14-7-8-14)32-24(20)30-18-9-15(11-33)22(34)23(18)35/h10,12,14-15,18,22-23,33-35H,5-9,11H2,1-4H3,(H2,27,28,30,32)/t12-,15-,18-,22-,23+/m1/s1. The van der Waals surface area contributed by atoms with Crippen LogP contribution in [-0.4, -0.2) is 66.2 Å². The van der Waals surface area contributed by atoms with Crippen molar-refractivity contribution in [1.29, 1.82) is 0 Å². The molecule has 0 saturated heterocycles. The van der Waals surface area contributed by atoms with Gasteiger partial charge in [0.1, 0.15) is 22.4 Å². The van der Waals surface area contributed by atoms with Crippen LogP contribution in [0.3, 0.4) is 0 Å². The number of nitrogens with one attached hydrogen (secondary N) is 2. The van der Waals surface area contributed by atoms with Gasteiger partial charge in [-0.15, -0.1) is 11.3 Å². The van der Waals surface area contributed by atoms with Crippen LogP contribution in [0.5, 0.6) is 0 Å². The number of pyridine rings is 1. The van der Waals surface area contributed by atoms with E-state index < -0.39 is 18.2 Å². The first-order valence-electron chi connectivity index (χ1n) is 13.0. The quantitative estimate of drug-likeness (QED) is 0.292. The number of hydrogen-bond donors (Lipinski definition) is 5. The lowest BCUT2D eigenvalue weighted by Crippen LogP contribution is -2.36. The van der Waals surface area contributed by atoms with Gasteiger partial charge in [0.2, 0.25) is 5.95 Å².